The van der Waals surface area contributed by atoms with E-state index in [9.17, 15) is 9.59 Å². The van der Waals surface area contributed by atoms with E-state index in [-0.39, 0.29) is 10.2 Å². The molecule has 6 heteroatoms. The third-order valence-electron chi connectivity index (χ3n) is 2.18. The van der Waals surface area contributed by atoms with Crippen LogP contribution < -0.4 is 0 Å². The molecule has 0 saturated heterocycles. The Morgan fingerprint density at radius 3 is 1.71 bits per heavy atom. The van der Waals surface area contributed by atoms with Crippen molar-refractivity contribution in [1.82, 2.24) is 10.2 Å². The van der Waals surface area contributed by atoms with Crippen molar-refractivity contribution in [3.8, 4) is 0 Å². The number of carbonyl (C=O) groups excluding carboxylic acids is 2. The molecule has 0 spiro atoms. The van der Waals surface area contributed by atoms with Crippen LogP contribution >= 0.6 is 23.5 Å². The molecular weight excluding hydrogens is 220 g/mol. The zero-order chi connectivity index (χ0) is 9.71. The largest absolute Gasteiger partial charge is 0.286 e. The lowest BCUT2D eigenvalue weighted by molar-refractivity contribution is -0.111. The van der Waals surface area contributed by atoms with Gasteiger partial charge >= 0.3 is 0 Å². The number of carbonyl (C=O) groups is 2. The number of hydrogen-bond donors (Lipinski definition) is 0. The molecule has 70 valence electrons. The molecule has 2 aliphatic heterocycles. The summed E-state index contributed by atoms with van der Waals surface area (Å²) in [6, 6.07) is 0. The maximum Gasteiger partial charge on any atom is 0.199 e. The molecule has 2 aliphatic rings. The Morgan fingerprint density at radius 1 is 0.857 bits per heavy atom. The van der Waals surface area contributed by atoms with Crippen LogP contribution in [-0.2, 0) is 22.4 Å². The molecule has 0 unspecified atom stereocenters. The van der Waals surface area contributed by atoms with Gasteiger partial charge in [0.2, 0.25) is 0 Å². The Hall–Kier alpha value is -0.880. The molecule has 0 aromatic carbocycles. The predicted octanol–water partition coefficient (Wildman–Crippen LogP) is 0.826. The van der Waals surface area contributed by atoms with E-state index in [0.29, 0.717) is 22.9 Å². The van der Waals surface area contributed by atoms with Gasteiger partial charge in [-0.25, -0.2) is 0 Å². The molecule has 0 amide bonds. The Kier molecular flexibility index (Phi) is 1.69. The van der Waals surface area contributed by atoms with Crippen molar-refractivity contribution in [2.75, 3.05) is 0 Å². The van der Waals surface area contributed by atoms with E-state index in [1.165, 1.54) is 0 Å². The van der Waals surface area contributed by atoms with Crippen LogP contribution in [0.1, 0.15) is 11.1 Å². The maximum atomic E-state index is 11.2. The lowest BCUT2D eigenvalue weighted by Gasteiger charge is -1.99. The topological polar surface area (TPSA) is 59.9 Å². The number of nitrogens with zero attached hydrogens (tertiary/aromatic N) is 2. The number of rotatable bonds is 0. The molecule has 14 heavy (non-hydrogen) atoms. The van der Waals surface area contributed by atoms with Crippen molar-refractivity contribution in [2.45, 2.75) is 22.9 Å². The highest BCUT2D eigenvalue weighted by Crippen LogP contribution is 2.39. The van der Waals surface area contributed by atoms with Gasteiger partial charge in [-0.3, -0.25) is 9.59 Å². The van der Waals surface area contributed by atoms with Crippen LogP contribution in [-0.4, -0.2) is 20.4 Å². The van der Waals surface area contributed by atoms with Gasteiger partial charge in [0.1, 0.15) is 10.1 Å². The monoisotopic (exact) mass is 224 g/mol. The molecule has 0 bridgehead atoms. The van der Waals surface area contributed by atoms with E-state index >= 15 is 0 Å². The Labute approximate surface area is 87.9 Å². The van der Waals surface area contributed by atoms with Crippen LogP contribution in [0.4, 0.5) is 0 Å². The standard InChI is InChI=1S/C8H4N2O2S2/c11-5-1-3-4-2-6(12)14-8(4)10-9-7(3)13-5/h1-2H2. The lowest BCUT2D eigenvalue weighted by atomic mass is 10.1. The second-order valence-corrected chi connectivity index (χ2v) is 5.16. The minimum atomic E-state index is 0.0899. The summed E-state index contributed by atoms with van der Waals surface area (Å²) in [5, 5.41) is 9.42. The SMILES string of the molecule is O=C1Cc2c(nnc3c2CC(=O)S3)S1. The molecule has 0 aliphatic carbocycles. The quantitative estimate of drug-likeness (QED) is 0.650. The fourth-order valence-electron chi connectivity index (χ4n) is 1.57. The van der Waals surface area contributed by atoms with Gasteiger partial charge in [0.25, 0.3) is 0 Å². The molecule has 3 rings (SSSR count). The van der Waals surface area contributed by atoms with Crippen LogP contribution in [0.15, 0.2) is 10.1 Å². The number of thioether (sulfide) groups is 2. The van der Waals surface area contributed by atoms with Crippen molar-refractivity contribution in [2.24, 2.45) is 0 Å². The molecule has 1 aromatic heterocycles. The third-order valence-corrected chi connectivity index (χ3v) is 3.96. The number of hydrogen-bond acceptors (Lipinski definition) is 6. The van der Waals surface area contributed by atoms with E-state index < -0.39 is 0 Å². The predicted molar refractivity (Wildman–Crippen MR) is 51.2 cm³/mol. The van der Waals surface area contributed by atoms with Gasteiger partial charge in [0, 0.05) is 24.0 Å². The fourth-order valence-corrected chi connectivity index (χ4v) is 3.24. The smallest absolute Gasteiger partial charge is 0.199 e. The van der Waals surface area contributed by atoms with Crippen molar-refractivity contribution < 1.29 is 9.59 Å². The van der Waals surface area contributed by atoms with E-state index in [4.69, 9.17) is 0 Å². The molecule has 0 N–H and O–H groups in total. The molecule has 1 aromatic rings. The first-order valence-corrected chi connectivity index (χ1v) is 5.67. The molecule has 3 heterocycles. The average Bonchev–Trinajstić information content (AvgIpc) is 2.65. The van der Waals surface area contributed by atoms with Crippen LogP contribution in [0.2, 0.25) is 0 Å². The number of fused-ring (bicyclic) bond motifs is 3. The van der Waals surface area contributed by atoms with Crippen LogP contribution in [0, 0.1) is 0 Å². The first kappa shape index (κ1) is 8.43. The molecular formula is C8H4N2O2S2. The van der Waals surface area contributed by atoms with E-state index in [0.717, 1.165) is 34.7 Å². The van der Waals surface area contributed by atoms with Gasteiger partial charge in [-0.05, 0) is 23.5 Å². The Morgan fingerprint density at radius 2 is 1.29 bits per heavy atom. The summed E-state index contributed by atoms with van der Waals surface area (Å²) in [6.07, 6.45) is 0.789. The van der Waals surface area contributed by atoms with Crippen molar-refractivity contribution in [3.05, 3.63) is 11.1 Å². The molecule has 0 fully saturated rings. The third kappa shape index (κ3) is 1.10. The normalized spacial score (nSPS) is 18.6. The highest BCUT2D eigenvalue weighted by atomic mass is 32.2. The average molecular weight is 224 g/mol. The van der Waals surface area contributed by atoms with Crippen LogP contribution in [0.3, 0.4) is 0 Å². The zero-order valence-corrected chi connectivity index (χ0v) is 8.57. The maximum absolute atomic E-state index is 11.2. The van der Waals surface area contributed by atoms with Crippen LogP contribution in [0.25, 0.3) is 0 Å². The minimum Gasteiger partial charge on any atom is -0.286 e. The van der Waals surface area contributed by atoms with Gasteiger partial charge in [0.05, 0.1) is 0 Å². The Bertz CT molecular complexity index is 430. The first-order valence-electron chi connectivity index (χ1n) is 4.04. The van der Waals surface area contributed by atoms with Gasteiger partial charge in [-0.2, -0.15) is 0 Å². The summed E-state index contributed by atoms with van der Waals surface area (Å²) < 4.78 is 0. The fraction of sp³-hybridized carbons (Fsp3) is 0.250. The van der Waals surface area contributed by atoms with Crippen molar-refractivity contribution >= 4 is 33.8 Å². The summed E-state index contributed by atoms with van der Waals surface area (Å²) in [4.78, 5) is 22.4. The van der Waals surface area contributed by atoms with Gasteiger partial charge in [0.15, 0.2) is 10.2 Å². The van der Waals surface area contributed by atoms with Crippen molar-refractivity contribution in [3.63, 3.8) is 0 Å². The summed E-state index contributed by atoms with van der Waals surface area (Å²) in [6.45, 7) is 0. The van der Waals surface area contributed by atoms with E-state index in [1.54, 1.807) is 0 Å². The zero-order valence-electron chi connectivity index (χ0n) is 6.94. The lowest BCUT2D eigenvalue weighted by Crippen LogP contribution is -1.98. The summed E-state index contributed by atoms with van der Waals surface area (Å²) in [5.74, 6) is 0. The Balaban J connectivity index is 2.19. The summed E-state index contributed by atoms with van der Waals surface area (Å²) in [5.41, 5.74) is 1.84. The second-order valence-electron chi connectivity index (χ2n) is 3.07. The van der Waals surface area contributed by atoms with E-state index in [2.05, 4.69) is 10.2 Å². The highest BCUT2D eigenvalue weighted by molar-refractivity contribution is 8.14. The molecule has 0 atom stereocenters. The first-order chi connectivity index (χ1) is 6.74. The second kappa shape index (κ2) is 2.80. The molecule has 4 nitrogen and oxygen atoms in total. The van der Waals surface area contributed by atoms with Crippen LogP contribution in [0.5, 0.6) is 0 Å². The minimum absolute atomic E-state index is 0.0899. The summed E-state index contributed by atoms with van der Waals surface area (Å²) in [7, 11) is 0. The molecule has 0 radical (unpaired) electrons. The summed E-state index contributed by atoms with van der Waals surface area (Å²) >= 11 is 2.25. The van der Waals surface area contributed by atoms with Gasteiger partial charge in [-0.1, -0.05) is 0 Å². The van der Waals surface area contributed by atoms with Gasteiger partial charge < -0.3 is 0 Å². The van der Waals surface area contributed by atoms with E-state index in [1.807, 2.05) is 0 Å². The number of aromatic nitrogens is 2. The molecule has 0 saturated carbocycles. The highest BCUT2D eigenvalue weighted by Gasteiger charge is 2.31. The van der Waals surface area contributed by atoms with Crippen molar-refractivity contribution in [1.29, 1.82) is 0 Å². The van der Waals surface area contributed by atoms with Gasteiger partial charge in [-0.15, -0.1) is 10.2 Å².